The van der Waals surface area contributed by atoms with Gasteiger partial charge in [-0.15, -0.1) is 0 Å². The zero-order valence-electron chi connectivity index (χ0n) is 8.24. The summed E-state index contributed by atoms with van der Waals surface area (Å²) in [4.78, 5) is 10.4. The number of carbonyl (C=O) groups excluding carboxylic acids is 1. The molecule has 1 atom stereocenters. The van der Waals surface area contributed by atoms with Gasteiger partial charge in [-0.1, -0.05) is 0 Å². The Hall–Kier alpha value is -0.780. The van der Waals surface area contributed by atoms with Crippen LogP contribution in [-0.4, -0.2) is 31.2 Å². The van der Waals surface area contributed by atoms with Crippen molar-refractivity contribution in [3.05, 3.63) is 0 Å². The molecule has 1 unspecified atom stereocenters. The normalized spacial score (nSPS) is 13.8. The molecule has 0 bridgehead atoms. The SMILES string of the molecule is CC(=O)NCCNC(C)CC(F)(F)F. The summed E-state index contributed by atoms with van der Waals surface area (Å²) in [6.45, 7) is 3.51. The average molecular weight is 212 g/mol. The Labute approximate surface area is 81.1 Å². The van der Waals surface area contributed by atoms with Crippen LogP contribution >= 0.6 is 0 Å². The maximum atomic E-state index is 11.8. The molecule has 6 heteroatoms. The molecule has 3 nitrogen and oxygen atoms in total. The largest absolute Gasteiger partial charge is 0.390 e. The lowest BCUT2D eigenvalue weighted by Crippen LogP contribution is -2.37. The van der Waals surface area contributed by atoms with E-state index in [0.717, 1.165) is 0 Å². The second-order valence-electron chi connectivity index (χ2n) is 3.16. The summed E-state index contributed by atoms with van der Waals surface area (Å²) >= 11 is 0. The Balaban J connectivity index is 3.45. The monoisotopic (exact) mass is 212 g/mol. The molecule has 1 amide bonds. The fraction of sp³-hybridized carbons (Fsp3) is 0.875. The van der Waals surface area contributed by atoms with E-state index in [0.29, 0.717) is 13.1 Å². The maximum Gasteiger partial charge on any atom is 0.390 e. The van der Waals surface area contributed by atoms with Crippen LogP contribution in [0.25, 0.3) is 0 Å². The lowest BCUT2D eigenvalue weighted by Gasteiger charge is -2.15. The second kappa shape index (κ2) is 5.85. The number of nitrogens with one attached hydrogen (secondary N) is 2. The van der Waals surface area contributed by atoms with Gasteiger partial charge < -0.3 is 10.6 Å². The fourth-order valence-corrected chi connectivity index (χ4v) is 0.976. The van der Waals surface area contributed by atoms with Gasteiger partial charge in [0, 0.05) is 26.1 Å². The van der Waals surface area contributed by atoms with Gasteiger partial charge in [-0.2, -0.15) is 13.2 Å². The van der Waals surface area contributed by atoms with Gasteiger partial charge in [-0.3, -0.25) is 4.79 Å². The van der Waals surface area contributed by atoms with Gasteiger partial charge in [-0.25, -0.2) is 0 Å². The highest BCUT2D eigenvalue weighted by atomic mass is 19.4. The number of rotatable bonds is 5. The molecule has 84 valence electrons. The first-order valence-electron chi connectivity index (χ1n) is 4.36. The minimum Gasteiger partial charge on any atom is -0.355 e. The smallest absolute Gasteiger partial charge is 0.355 e. The van der Waals surface area contributed by atoms with Crippen molar-refractivity contribution in [2.24, 2.45) is 0 Å². The van der Waals surface area contributed by atoms with Crippen LogP contribution in [0.4, 0.5) is 13.2 Å². The van der Waals surface area contributed by atoms with Gasteiger partial charge in [-0.05, 0) is 6.92 Å². The predicted molar refractivity (Wildman–Crippen MR) is 46.8 cm³/mol. The number of alkyl halides is 3. The molecule has 0 aliphatic carbocycles. The van der Waals surface area contributed by atoms with Crippen LogP contribution in [-0.2, 0) is 4.79 Å². The first kappa shape index (κ1) is 13.2. The standard InChI is InChI=1S/C8H15F3N2O/c1-6(5-8(9,10)11)12-3-4-13-7(2)14/h6,12H,3-5H2,1-2H3,(H,13,14). The van der Waals surface area contributed by atoms with Crippen molar-refractivity contribution in [1.82, 2.24) is 10.6 Å². The van der Waals surface area contributed by atoms with E-state index in [-0.39, 0.29) is 5.91 Å². The summed E-state index contributed by atoms with van der Waals surface area (Å²) in [6, 6.07) is -0.622. The van der Waals surface area contributed by atoms with E-state index in [4.69, 9.17) is 0 Å². The fourth-order valence-electron chi connectivity index (χ4n) is 0.976. The lowest BCUT2D eigenvalue weighted by atomic mass is 10.2. The molecular formula is C8H15F3N2O. The number of carbonyl (C=O) groups is 1. The van der Waals surface area contributed by atoms with Crippen molar-refractivity contribution in [2.45, 2.75) is 32.5 Å². The van der Waals surface area contributed by atoms with Gasteiger partial charge in [0.2, 0.25) is 5.91 Å². The van der Waals surface area contributed by atoms with Gasteiger partial charge in [0.25, 0.3) is 0 Å². The van der Waals surface area contributed by atoms with Crippen molar-refractivity contribution in [1.29, 1.82) is 0 Å². The molecule has 0 radical (unpaired) electrons. The van der Waals surface area contributed by atoms with E-state index in [1.54, 1.807) is 0 Å². The Bertz CT molecular complexity index is 182. The van der Waals surface area contributed by atoms with Crippen molar-refractivity contribution >= 4 is 5.91 Å². The van der Waals surface area contributed by atoms with E-state index in [9.17, 15) is 18.0 Å². The van der Waals surface area contributed by atoms with Crippen molar-refractivity contribution in [3.8, 4) is 0 Å². The average Bonchev–Trinajstić information content (AvgIpc) is 1.94. The van der Waals surface area contributed by atoms with E-state index >= 15 is 0 Å². The molecule has 0 heterocycles. The van der Waals surface area contributed by atoms with Gasteiger partial charge in [0.15, 0.2) is 0 Å². The Morgan fingerprint density at radius 1 is 1.36 bits per heavy atom. The van der Waals surface area contributed by atoms with Crippen molar-refractivity contribution < 1.29 is 18.0 Å². The minimum atomic E-state index is -4.14. The number of hydrogen-bond acceptors (Lipinski definition) is 2. The molecule has 0 aromatic rings. The maximum absolute atomic E-state index is 11.8. The van der Waals surface area contributed by atoms with Gasteiger partial charge in [0.1, 0.15) is 0 Å². The first-order valence-corrected chi connectivity index (χ1v) is 4.36. The summed E-state index contributed by atoms with van der Waals surface area (Å²) < 4.78 is 35.5. The van der Waals surface area contributed by atoms with Crippen LogP contribution in [0.2, 0.25) is 0 Å². The quantitative estimate of drug-likeness (QED) is 0.669. The van der Waals surface area contributed by atoms with Crippen molar-refractivity contribution in [3.63, 3.8) is 0 Å². The number of hydrogen-bond donors (Lipinski definition) is 2. The Morgan fingerprint density at radius 3 is 2.36 bits per heavy atom. The molecule has 0 saturated carbocycles. The molecule has 0 saturated heterocycles. The molecule has 0 aliphatic heterocycles. The number of halogens is 3. The highest BCUT2D eigenvalue weighted by molar-refractivity contribution is 5.72. The molecule has 0 spiro atoms. The van der Waals surface area contributed by atoms with Crippen molar-refractivity contribution in [2.75, 3.05) is 13.1 Å². The van der Waals surface area contributed by atoms with E-state index in [1.165, 1.54) is 13.8 Å². The minimum absolute atomic E-state index is 0.185. The Morgan fingerprint density at radius 2 is 1.93 bits per heavy atom. The van der Waals surface area contributed by atoms with Crippen LogP contribution < -0.4 is 10.6 Å². The zero-order chi connectivity index (χ0) is 11.2. The highest BCUT2D eigenvalue weighted by Crippen LogP contribution is 2.20. The molecule has 0 aromatic carbocycles. The molecule has 2 N–H and O–H groups in total. The van der Waals surface area contributed by atoms with Crippen LogP contribution in [0.5, 0.6) is 0 Å². The Kier molecular flexibility index (Phi) is 5.52. The van der Waals surface area contributed by atoms with Gasteiger partial charge in [0.05, 0.1) is 6.42 Å². The predicted octanol–water partition coefficient (Wildman–Crippen LogP) is 1.05. The number of amides is 1. The van der Waals surface area contributed by atoms with Crippen LogP contribution in [0.15, 0.2) is 0 Å². The zero-order valence-corrected chi connectivity index (χ0v) is 8.24. The summed E-state index contributed by atoms with van der Waals surface area (Å²) in [6.07, 6.45) is -4.99. The lowest BCUT2D eigenvalue weighted by molar-refractivity contribution is -0.139. The van der Waals surface area contributed by atoms with E-state index in [2.05, 4.69) is 10.6 Å². The molecule has 14 heavy (non-hydrogen) atoms. The van der Waals surface area contributed by atoms with Crippen LogP contribution in [0, 0.1) is 0 Å². The third-order valence-corrected chi connectivity index (χ3v) is 1.53. The van der Waals surface area contributed by atoms with Crippen LogP contribution in [0.1, 0.15) is 20.3 Å². The van der Waals surface area contributed by atoms with Crippen LogP contribution in [0.3, 0.4) is 0 Å². The summed E-state index contributed by atoms with van der Waals surface area (Å²) in [5.74, 6) is -0.185. The highest BCUT2D eigenvalue weighted by Gasteiger charge is 2.29. The molecular weight excluding hydrogens is 197 g/mol. The molecule has 0 rings (SSSR count). The summed E-state index contributed by atoms with van der Waals surface area (Å²) in [5.41, 5.74) is 0. The summed E-state index contributed by atoms with van der Waals surface area (Å²) in [7, 11) is 0. The topological polar surface area (TPSA) is 41.1 Å². The summed E-state index contributed by atoms with van der Waals surface area (Å²) in [5, 5.41) is 5.14. The first-order chi connectivity index (χ1) is 6.31. The van der Waals surface area contributed by atoms with Gasteiger partial charge >= 0.3 is 6.18 Å². The van der Waals surface area contributed by atoms with E-state index in [1.807, 2.05) is 0 Å². The molecule has 0 aliphatic rings. The molecule has 0 fully saturated rings. The second-order valence-corrected chi connectivity index (χ2v) is 3.16. The third-order valence-electron chi connectivity index (χ3n) is 1.53. The van der Waals surface area contributed by atoms with E-state index < -0.39 is 18.6 Å². The molecule has 0 aromatic heterocycles. The third kappa shape index (κ3) is 9.31.